The SMILES string of the molecule is COc1cc(C(=N)N)ccc1OCc1ccc(F)c(Cl)c1. The van der Waals surface area contributed by atoms with Crippen molar-refractivity contribution in [1.82, 2.24) is 0 Å². The number of hydrogen-bond acceptors (Lipinski definition) is 3. The molecule has 2 aromatic carbocycles. The molecular formula is C15H14ClFN2O2. The van der Waals surface area contributed by atoms with Crippen LogP contribution in [-0.4, -0.2) is 12.9 Å². The number of nitrogens with two attached hydrogens (primary N) is 1. The fraction of sp³-hybridized carbons (Fsp3) is 0.133. The number of benzene rings is 2. The van der Waals surface area contributed by atoms with E-state index in [1.54, 1.807) is 24.3 Å². The predicted molar refractivity (Wildman–Crippen MR) is 79.8 cm³/mol. The maximum atomic E-state index is 13.1. The number of ether oxygens (including phenoxy) is 2. The van der Waals surface area contributed by atoms with Crippen molar-refractivity contribution in [1.29, 1.82) is 5.41 Å². The summed E-state index contributed by atoms with van der Waals surface area (Å²) in [6.45, 7) is 0.218. The molecule has 0 saturated carbocycles. The van der Waals surface area contributed by atoms with Gasteiger partial charge in [0.05, 0.1) is 12.1 Å². The number of methoxy groups -OCH3 is 1. The molecule has 4 nitrogen and oxygen atoms in total. The van der Waals surface area contributed by atoms with Crippen LogP contribution in [0.15, 0.2) is 36.4 Å². The Morgan fingerprint density at radius 1 is 1.24 bits per heavy atom. The summed E-state index contributed by atoms with van der Waals surface area (Å²) in [5, 5.41) is 7.44. The molecule has 0 aliphatic carbocycles. The highest BCUT2D eigenvalue weighted by Crippen LogP contribution is 2.29. The summed E-state index contributed by atoms with van der Waals surface area (Å²) < 4.78 is 23.9. The van der Waals surface area contributed by atoms with E-state index in [2.05, 4.69) is 0 Å². The van der Waals surface area contributed by atoms with Crippen molar-refractivity contribution >= 4 is 17.4 Å². The van der Waals surface area contributed by atoms with Crippen LogP contribution in [-0.2, 0) is 6.61 Å². The van der Waals surface area contributed by atoms with Gasteiger partial charge in [-0.05, 0) is 35.9 Å². The van der Waals surface area contributed by atoms with Gasteiger partial charge in [0.2, 0.25) is 0 Å². The van der Waals surface area contributed by atoms with Gasteiger partial charge in [-0.25, -0.2) is 4.39 Å². The van der Waals surface area contributed by atoms with Crippen LogP contribution in [0.4, 0.5) is 4.39 Å². The molecule has 2 rings (SSSR count). The highest BCUT2D eigenvalue weighted by molar-refractivity contribution is 6.30. The molecular weight excluding hydrogens is 295 g/mol. The summed E-state index contributed by atoms with van der Waals surface area (Å²) in [5.74, 6) is 0.452. The van der Waals surface area contributed by atoms with Crippen LogP contribution in [0.5, 0.6) is 11.5 Å². The van der Waals surface area contributed by atoms with E-state index < -0.39 is 5.82 Å². The molecule has 0 spiro atoms. The van der Waals surface area contributed by atoms with Crippen molar-refractivity contribution in [2.45, 2.75) is 6.61 Å². The summed E-state index contributed by atoms with van der Waals surface area (Å²) in [6.07, 6.45) is 0. The number of rotatable bonds is 5. The lowest BCUT2D eigenvalue weighted by Crippen LogP contribution is -2.11. The zero-order chi connectivity index (χ0) is 15.4. The van der Waals surface area contributed by atoms with E-state index in [0.717, 1.165) is 5.56 Å². The minimum Gasteiger partial charge on any atom is -0.493 e. The molecule has 0 saturated heterocycles. The van der Waals surface area contributed by atoms with E-state index in [1.165, 1.54) is 19.2 Å². The maximum Gasteiger partial charge on any atom is 0.161 e. The Kier molecular flexibility index (Phi) is 4.65. The summed E-state index contributed by atoms with van der Waals surface area (Å²) in [5.41, 5.74) is 6.70. The van der Waals surface area contributed by atoms with E-state index in [0.29, 0.717) is 17.1 Å². The number of hydrogen-bond donors (Lipinski definition) is 2. The number of amidine groups is 1. The van der Waals surface area contributed by atoms with Crippen molar-refractivity contribution in [3.8, 4) is 11.5 Å². The zero-order valence-electron chi connectivity index (χ0n) is 11.3. The van der Waals surface area contributed by atoms with Crippen LogP contribution in [0.25, 0.3) is 0 Å². The Balaban J connectivity index is 2.15. The lowest BCUT2D eigenvalue weighted by atomic mass is 10.2. The lowest BCUT2D eigenvalue weighted by molar-refractivity contribution is 0.284. The predicted octanol–water partition coefficient (Wildman–Crippen LogP) is 3.35. The highest BCUT2D eigenvalue weighted by atomic mass is 35.5. The van der Waals surface area contributed by atoms with Crippen LogP contribution in [0.1, 0.15) is 11.1 Å². The van der Waals surface area contributed by atoms with Gasteiger partial charge in [-0.2, -0.15) is 0 Å². The first kappa shape index (κ1) is 15.1. The minimum absolute atomic E-state index is 0.0508. The van der Waals surface area contributed by atoms with Gasteiger partial charge in [0, 0.05) is 5.56 Å². The quantitative estimate of drug-likeness (QED) is 0.657. The molecule has 0 aromatic heterocycles. The van der Waals surface area contributed by atoms with Crippen LogP contribution in [0.2, 0.25) is 5.02 Å². The van der Waals surface area contributed by atoms with Crippen LogP contribution >= 0.6 is 11.6 Å². The average Bonchev–Trinajstić information content (AvgIpc) is 2.48. The molecule has 0 amide bonds. The first-order chi connectivity index (χ1) is 10.0. The van der Waals surface area contributed by atoms with Gasteiger partial charge in [-0.3, -0.25) is 5.41 Å². The smallest absolute Gasteiger partial charge is 0.161 e. The fourth-order valence-corrected chi connectivity index (χ4v) is 1.95. The molecule has 6 heteroatoms. The van der Waals surface area contributed by atoms with E-state index in [1.807, 2.05) is 0 Å². The fourth-order valence-electron chi connectivity index (χ4n) is 1.74. The van der Waals surface area contributed by atoms with Crippen molar-refractivity contribution in [3.05, 3.63) is 58.4 Å². The van der Waals surface area contributed by atoms with Gasteiger partial charge in [0.25, 0.3) is 0 Å². The van der Waals surface area contributed by atoms with E-state index in [4.69, 9.17) is 32.2 Å². The molecule has 0 fully saturated rings. The van der Waals surface area contributed by atoms with Crippen LogP contribution in [0, 0.1) is 11.2 Å². The van der Waals surface area contributed by atoms with Crippen molar-refractivity contribution in [2.75, 3.05) is 7.11 Å². The number of nitrogen functional groups attached to an aromatic ring is 1. The Labute approximate surface area is 126 Å². The Morgan fingerprint density at radius 2 is 2.00 bits per heavy atom. The second kappa shape index (κ2) is 6.45. The third-order valence-electron chi connectivity index (χ3n) is 2.85. The summed E-state index contributed by atoms with van der Waals surface area (Å²) >= 11 is 5.72. The standard InChI is InChI=1S/C15H14ClFN2O2/c1-20-14-7-10(15(18)19)3-5-13(14)21-8-9-2-4-12(17)11(16)6-9/h2-7H,8H2,1H3,(H3,18,19). The Bertz CT molecular complexity index is 677. The Morgan fingerprint density at radius 3 is 2.62 bits per heavy atom. The third-order valence-corrected chi connectivity index (χ3v) is 3.14. The monoisotopic (exact) mass is 308 g/mol. The van der Waals surface area contributed by atoms with Crippen molar-refractivity contribution < 1.29 is 13.9 Å². The van der Waals surface area contributed by atoms with Crippen molar-refractivity contribution in [2.24, 2.45) is 5.73 Å². The zero-order valence-corrected chi connectivity index (χ0v) is 12.1. The minimum atomic E-state index is -0.469. The second-order valence-corrected chi connectivity index (χ2v) is 4.72. The van der Waals surface area contributed by atoms with Crippen molar-refractivity contribution in [3.63, 3.8) is 0 Å². The summed E-state index contributed by atoms with van der Waals surface area (Å²) in [7, 11) is 1.50. The largest absolute Gasteiger partial charge is 0.493 e. The van der Waals surface area contributed by atoms with Gasteiger partial charge < -0.3 is 15.2 Å². The molecule has 2 aromatic rings. The van der Waals surface area contributed by atoms with Crippen LogP contribution in [0.3, 0.4) is 0 Å². The number of nitrogens with one attached hydrogen (secondary N) is 1. The van der Waals surface area contributed by atoms with Gasteiger partial charge >= 0.3 is 0 Å². The molecule has 0 radical (unpaired) electrons. The van der Waals surface area contributed by atoms with Gasteiger partial charge in [0.1, 0.15) is 18.3 Å². The van der Waals surface area contributed by atoms with Gasteiger partial charge in [-0.1, -0.05) is 17.7 Å². The molecule has 0 atom stereocenters. The van der Waals surface area contributed by atoms with E-state index >= 15 is 0 Å². The summed E-state index contributed by atoms with van der Waals surface area (Å²) in [6, 6.07) is 9.34. The normalized spacial score (nSPS) is 10.2. The molecule has 0 aliphatic heterocycles. The van der Waals surface area contributed by atoms with Gasteiger partial charge in [0.15, 0.2) is 11.5 Å². The Hall–Kier alpha value is -2.27. The molecule has 0 unspecified atom stereocenters. The highest BCUT2D eigenvalue weighted by Gasteiger charge is 2.08. The van der Waals surface area contributed by atoms with E-state index in [9.17, 15) is 4.39 Å². The molecule has 0 heterocycles. The lowest BCUT2D eigenvalue weighted by Gasteiger charge is -2.12. The van der Waals surface area contributed by atoms with Crippen LogP contribution < -0.4 is 15.2 Å². The summed E-state index contributed by atoms with van der Waals surface area (Å²) in [4.78, 5) is 0. The first-order valence-electron chi connectivity index (χ1n) is 6.10. The molecule has 3 N–H and O–H groups in total. The topological polar surface area (TPSA) is 68.3 Å². The first-order valence-corrected chi connectivity index (χ1v) is 6.48. The maximum absolute atomic E-state index is 13.1. The molecule has 0 bridgehead atoms. The molecule has 0 aliphatic rings. The van der Waals surface area contributed by atoms with E-state index in [-0.39, 0.29) is 17.5 Å². The average molecular weight is 309 g/mol. The second-order valence-electron chi connectivity index (χ2n) is 4.32. The van der Waals surface area contributed by atoms with Gasteiger partial charge in [-0.15, -0.1) is 0 Å². The third kappa shape index (κ3) is 3.64. The molecule has 110 valence electrons. The molecule has 21 heavy (non-hydrogen) atoms. The number of halogens is 2.